The minimum absolute atomic E-state index is 0.131. The SMILES string of the molecule is CSc1ccc(NC(=O)O[C@@H](c2ccc(O)cc2)C(C)(C)CC/C=C/C(=O)Nc2ccccc2N)cc1. The molecule has 1 atom stereocenters. The molecule has 5 N–H and O–H groups in total. The number of nitrogens with two attached hydrogens (primary N) is 1. The van der Waals surface area contributed by atoms with E-state index in [1.165, 1.54) is 6.08 Å². The lowest BCUT2D eigenvalue weighted by Crippen LogP contribution is -2.29. The highest BCUT2D eigenvalue weighted by Crippen LogP contribution is 2.41. The van der Waals surface area contributed by atoms with E-state index in [2.05, 4.69) is 10.6 Å². The van der Waals surface area contributed by atoms with Crippen LogP contribution in [0.15, 0.2) is 89.8 Å². The fraction of sp³-hybridized carbons (Fsp3) is 0.241. The molecule has 0 saturated heterocycles. The Kier molecular flexibility index (Phi) is 9.63. The molecule has 194 valence electrons. The van der Waals surface area contributed by atoms with Crippen LogP contribution in [-0.2, 0) is 9.53 Å². The number of aromatic hydroxyl groups is 1. The first-order valence-corrected chi connectivity index (χ1v) is 13.1. The second kappa shape index (κ2) is 12.9. The number of rotatable bonds is 10. The van der Waals surface area contributed by atoms with Gasteiger partial charge >= 0.3 is 6.09 Å². The van der Waals surface area contributed by atoms with Crippen LogP contribution in [0.2, 0.25) is 0 Å². The van der Waals surface area contributed by atoms with Crippen molar-refractivity contribution in [2.45, 2.75) is 37.7 Å². The third-order valence-corrected chi connectivity index (χ3v) is 6.65. The van der Waals surface area contributed by atoms with E-state index in [0.717, 1.165) is 10.5 Å². The number of anilines is 3. The van der Waals surface area contributed by atoms with Crippen LogP contribution in [0.4, 0.5) is 21.9 Å². The lowest BCUT2D eigenvalue weighted by molar-refractivity contribution is -0.111. The van der Waals surface area contributed by atoms with Crippen molar-refractivity contribution in [1.29, 1.82) is 0 Å². The molecule has 2 amide bonds. The first kappa shape index (κ1) is 27.7. The van der Waals surface area contributed by atoms with Gasteiger partial charge in [-0.25, -0.2) is 4.79 Å². The molecule has 7 nitrogen and oxygen atoms in total. The molecule has 0 spiro atoms. The highest BCUT2D eigenvalue weighted by atomic mass is 32.2. The fourth-order valence-electron chi connectivity index (χ4n) is 3.82. The molecule has 37 heavy (non-hydrogen) atoms. The van der Waals surface area contributed by atoms with E-state index >= 15 is 0 Å². The van der Waals surface area contributed by atoms with Gasteiger partial charge in [-0.1, -0.05) is 44.2 Å². The van der Waals surface area contributed by atoms with Crippen LogP contribution in [0.3, 0.4) is 0 Å². The van der Waals surface area contributed by atoms with Crippen molar-refractivity contribution in [3.05, 3.63) is 90.5 Å². The predicted molar refractivity (Wildman–Crippen MR) is 151 cm³/mol. The molecule has 0 heterocycles. The Morgan fingerprint density at radius 1 is 1.03 bits per heavy atom. The van der Waals surface area contributed by atoms with E-state index in [1.807, 2.05) is 44.4 Å². The van der Waals surface area contributed by atoms with Gasteiger partial charge in [0.2, 0.25) is 5.91 Å². The molecular weight excluding hydrogens is 486 g/mol. The van der Waals surface area contributed by atoms with Gasteiger partial charge in [-0.15, -0.1) is 11.8 Å². The summed E-state index contributed by atoms with van der Waals surface area (Å²) < 4.78 is 5.92. The van der Waals surface area contributed by atoms with Gasteiger partial charge in [-0.05, 0) is 79.3 Å². The second-order valence-corrected chi connectivity index (χ2v) is 10.1. The zero-order chi connectivity index (χ0) is 26.8. The number of hydrogen-bond donors (Lipinski definition) is 4. The number of phenols is 1. The fourth-order valence-corrected chi connectivity index (χ4v) is 4.23. The van der Waals surface area contributed by atoms with Crippen molar-refractivity contribution in [2.75, 3.05) is 22.6 Å². The molecular formula is C29H33N3O4S. The number of allylic oxidation sites excluding steroid dienone is 1. The average molecular weight is 520 g/mol. The molecule has 0 fully saturated rings. The molecule has 3 rings (SSSR count). The molecule has 0 radical (unpaired) electrons. The van der Waals surface area contributed by atoms with E-state index in [1.54, 1.807) is 66.4 Å². The van der Waals surface area contributed by atoms with E-state index in [9.17, 15) is 14.7 Å². The van der Waals surface area contributed by atoms with Gasteiger partial charge in [-0.3, -0.25) is 10.1 Å². The van der Waals surface area contributed by atoms with Crippen LogP contribution in [0.25, 0.3) is 0 Å². The maximum Gasteiger partial charge on any atom is 0.412 e. The summed E-state index contributed by atoms with van der Waals surface area (Å²) in [6.45, 7) is 4.01. The largest absolute Gasteiger partial charge is 0.508 e. The lowest BCUT2D eigenvalue weighted by Gasteiger charge is -2.34. The Labute approximate surface area is 222 Å². The third-order valence-electron chi connectivity index (χ3n) is 5.91. The summed E-state index contributed by atoms with van der Waals surface area (Å²) in [5.41, 5.74) is 7.85. The Morgan fingerprint density at radius 3 is 2.35 bits per heavy atom. The number of hydrogen-bond acceptors (Lipinski definition) is 6. The highest BCUT2D eigenvalue weighted by molar-refractivity contribution is 7.98. The van der Waals surface area contributed by atoms with Crippen LogP contribution < -0.4 is 16.4 Å². The number of nitrogens with one attached hydrogen (secondary N) is 2. The minimum Gasteiger partial charge on any atom is -0.508 e. The van der Waals surface area contributed by atoms with Gasteiger partial charge in [0.25, 0.3) is 0 Å². The van der Waals surface area contributed by atoms with Crippen molar-refractivity contribution in [3.8, 4) is 5.75 Å². The summed E-state index contributed by atoms with van der Waals surface area (Å²) in [7, 11) is 0. The molecule has 3 aromatic rings. The Bertz CT molecular complexity index is 1220. The van der Waals surface area contributed by atoms with Gasteiger partial charge in [-0.2, -0.15) is 0 Å². The summed E-state index contributed by atoms with van der Waals surface area (Å²) in [4.78, 5) is 26.2. The highest BCUT2D eigenvalue weighted by Gasteiger charge is 2.34. The molecule has 3 aromatic carbocycles. The maximum atomic E-state index is 12.8. The summed E-state index contributed by atoms with van der Waals surface area (Å²) in [6, 6.07) is 21.2. The molecule has 0 aliphatic heterocycles. The molecule has 0 saturated carbocycles. The van der Waals surface area contributed by atoms with Gasteiger partial charge in [0.15, 0.2) is 0 Å². The zero-order valence-corrected chi connectivity index (χ0v) is 22.0. The van der Waals surface area contributed by atoms with Gasteiger partial charge < -0.3 is 20.9 Å². The monoisotopic (exact) mass is 519 g/mol. The van der Waals surface area contributed by atoms with Crippen LogP contribution in [0.1, 0.15) is 38.4 Å². The van der Waals surface area contributed by atoms with Crippen LogP contribution >= 0.6 is 11.8 Å². The minimum atomic E-state index is -0.593. The topological polar surface area (TPSA) is 114 Å². The van der Waals surface area contributed by atoms with Gasteiger partial charge in [0, 0.05) is 16.0 Å². The zero-order valence-electron chi connectivity index (χ0n) is 21.2. The van der Waals surface area contributed by atoms with Gasteiger partial charge in [0.1, 0.15) is 11.9 Å². The van der Waals surface area contributed by atoms with E-state index in [-0.39, 0.29) is 11.7 Å². The van der Waals surface area contributed by atoms with Crippen LogP contribution in [0.5, 0.6) is 5.75 Å². The Balaban J connectivity index is 1.66. The smallest absolute Gasteiger partial charge is 0.412 e. The number of amides is 2. The molecule has 0 aromatic heterocycles. The molecule has 8 heteroatoms. The normalized spacial score (nSPS) is 12.2. The average Bonchev–Trinajstić information content (AvgIpc) is 2.88. The molecule has 0 bridgehead atoms. The summed E-state index contributed by atoms with van der Waals surface area (Å²) in [5, 5.41) is 15.3. The third kappa shape index (κ3) is 8.32. The van der Waals surface area contributed by atoms with Crippen molar-refractivity contribution in [1.82, 2.24) is 0 Å². The summed E-state index contributed by atoms with van der Waals surface area (Å²) in [5.74, 6) is -0.138. The van der Waals surface area contributed by atoms with Crippen LogP contribution in [-0.4, -0.2) is 23.4 Å². The molecule has 0 aliphatic rings. The van der Waals surface area contributed by atoms with Crippen molar-refractivity contribution in [3.63, 3.8) is 0 Å². The number of phenolic OH excluding ortho intramolecular Hbond substituents is 1. The number of ether oxygens (including phenoxy) is 1. The van der Waals surface area contributed by atoms with Crippen molar-refractivity contribution in [2.24, 2.45) is 5.41 Å². The van der Waals surface area contributed by atoms with Crippen LogP contribution in [0, 0.1) is 5.41 Å². The second-order valence-electron chi connectivity index (χ2n) is 9.24. The number of carbonyl (C=O) groups is 2. The first-order chi connectivity index (χ1) is 17.7. The Morgan fingerprint density at radius 2 is 1.70 bits per heavy atom. The summed E-state index contributed by atoms with van der Waals surface area (Å²) in [6.07, 6.45) is 5.30. The number of carbonyl (C=O) groups excluding carboxylic acids is 2. The first-order valence-electron chi connectivity index (χ1n) is 11.9. The number of nitrogen functional groups attached to an aromatic ring is 1. The number of thioether (sulfide) groups is 1. The van der Waals surface area contributed by atoms with E-state index in [0.29, 0.717) is 29.9 Å². The Hall–Kier alpha value is -3.91. The van der Waals surface area contributed by atoms with E-state index in [4.69, 9.17) is 10.5 Å². The van der Waals surface area contributed by atoms with Gasteiger partial charge in [0.05, 0.1) is 11.4 Å². The van der Waals surface area contributed by atoms with E-state index < -0.39 is 17.6 Å². The molecule has 0 aliphatic carbocycles. The van der Waals surface area contributed by atoms with Crippen molar-refractivity contribution < 1.29 is 19.4 Å². The maximum absolute atomic E-state index is 12.8. The summed E-state index contributed by atoms with van der Waals surface area (Å²) >= 11 is 1.62. The quantitative estimate of drug-likeness (QED) is 0.130. The predicted octanol–water partition coefficient (Wildman–Crippen LogP) is 6.99. The standard InChI is InChI=1S/C29H33N3O4S/c1-29(2,19-7-6-10-26(34)32-25-9-5-4-8-24(25)30)27(20-11-15-22(33)16-12-20)36-28(35)31-21-13-17-23(37-3)18-14-21/h4-6,8-18,27,33H,7,19,30H2,1-3H3,(H,31,35)(H,32,34)/b10-6+/t27-/m0/s1. The van der Waals surface area contributed by atoms with Crippen molar-refractivity contribution >= 4 is 40.8 Å². The number of benzene rings is 3. The number of para-hydroxylation sites is 2. The lowest BCUT2D eigenvalue weighted by atomic mass is 9.78. The molecule has 0 unspecified atom stereocenters.